The van der Waals surface area contributed by atoms with Crippen molar-refractivity contribution in [3.05, 3.63) is 18.2 Å². The summed E-state index contributed by atoms with van der Waals surface area (Å²) in [4.78, 5) is 7.11. The molecular weight excluding hydrogens is 290 g/mol. The minimum atomic E-state index is 0.148. The van der Waals surface area contributed by atoms with Crippen LogP contribution in [-0.4, -0.2) is 41.8 Å². The van der Waals surface area contributed by atoms with Gasteiger partial charge < -0.3 is 9.47 Å². The number of imidazole rings is 1. The average molecular weight is 313 g/mol. The van der Waals surface area contributed by atoms with Gasteiger partial charge in [0.1, 0.15) is 5.82 Å². The summed E-state index contributed by atoms with van der Waals surface area (Å²) in [6.45, 7) is 2.26. The topological polar surface area (TPSA) is 64.7 Å². The lowest BCUT2D eigenvalue weighted by Gasteiger charge is -2.39. The number of hydrogen-bond acceptors (Lipinski definition) is 5. The van der Waals surface area contributed by atoms with Crippen molar-refractivity contribution in [2.24, 2.45) is 7.05 Å². The zero-order valence-corrected chi connectivity index (χ0v) is 13.8. The second-order valence-corrected chi connectivity index (χ2v) is 7.74. The minimum absolute atomic E-state index is 0.148. The number of aromatic nitrogens is 6. The average Bonchev–Trinajstić information content (AvgIpc) is 2.92. The maximum atomic E-state index is 4.59. The maximum Gasteiger partial charge on any atom is 0.246 e. The molecule has 4 heterocycles. The van der Waals surface area contributed by atoms with Gasteiger partial charge in [0.15, 0.2) is 0 Å². The molecule has 0 radical (unpaired) electrons. The van der Waals surface area contributed by atoms with E-state index in [1.165, 1.54) is 31.5 Å². The van der Waals surface area contributed by atoms with Crippen molar-refractivity contribution in [2.75, 3.05) is 4.90 Å². The fourth-order valence-electron chi connectivity index (χ4n) is 4.57. The van der Waals surface area contributed by atoms with Crippen molar-refractivity contribution < 1.29 is 0 Å². The van der Waals surface area contributed by atoms with Crippen LogP contribution in [0, 0.1) is 0 Å². The van der Waals surface area contributed by atoms with E-state index in [-0.39, 0.29) is 5.54 Å². The smallest absolute Gasteiger partial charge is 0.246 e. The molecule has 7 nitrogen and oxygen atoms in total. The van der Waals surface area contributed by atoms with Crippen molar-refractivity contribution in [1.82, 2.24) is 29.8 Å². The number of anilines is 1. The third-order valence-corrected chi connectivity index (χ3v) is 6.13. The number of hydrogen-bond donors (Lipinski definition) is 0. The summed E-state index contributed by atoms with van der Waals surface area (Å²) in [6.07, 6.45) is 11.1. The van der Waals surface area contributed by atoms with Gasteiger partial charge in [-0.15, -0.1) is 0 Å². The second-order valence-electron chi connectivity index (χ2n) is 7.74. The molecule has 1 aliphatic carbocycles. The molecule has 2 aromatic rings. The van der Waals surface area contributed by atoms with Crippen LogP contribution in [0.4, 0.5) is 5.95 Å². The van der Waals surface area contributed by atoms with Gasteiger partial charge >= 0.3 is 0 Å². The number of piperidine rings is 1. The van der Waals surface area contributed by atoms with E-state index >= 15 is 0 Å². The molecule has 3 atom stereocenters. The molecule has 0 aromatic carbocycles. The quantitative estimate of drug-likeness (QED) is 0.865. The van der Waals surface area contributed by atoms with Gasteiger partial charge in [-0.2, -0.15) is 0 Å². The number of tetrazole rings is 1. The molecule has 1 unspecified atom stereocenters. The van der Waals surface area contributed by atoms with Crippen molar-refractivity contribution in [2.45, 2.75) is 69.0 Å². The Bertz CT molecular complexity index is 714. The highest BCUT2D eigenvalue weighted by Crippen LogP contribution is 2.48. The first-order valence-corrected chi connectivity index (χ1v) is 8.70. The van der Waals surface area contributed by atoms with Crippen LogP contribution in [0.1, 0.15) is 57.2 Å². The van der Waals surface area contributed by atoms with Crippen LogP contribution >= 0.6 is 0 Å². The third-order valence-electron chi connectivity index (χ3n) is 6.13. The Morgan fingerprint density at radius 2 is 1.91 bits per heavy atom. The first-order chi connectivity index (χ1) is 11.2. The van der Waals surface area contributed by atoms with E-state index < -0.39 is 0 Å². The molecule has 0 N–H and O–H groups in total. The zero-order valence-electron chi connectivity index (χ0n) is 13.8. The Hall–Kier alpha value is -1.92. The standard InChI is InChI=1S/C16H23N7/c1-16(5-6-16)23-15(18-19-20-23)22-12-3-4-13(22)10-11(9-12)14-17-7-8-21(14)2/h7-8,11-13H,3-6,9-10H2,1-2H3/t11?,12-,13+. The summed E-state index contributed by atoms with van der Waals surface area (Å²) in [5, 5.41) is 12.7. The molecule has 2 aliphatic heterocycles. The predicted molar refractivity (Wildman–Crippen MR) is 85.2 cm³/mol. The summed E-state index contributed by atoms with van der Waals surface area (Å²) in [6, 6.07) is 1.09. The fraction of sp³-hybridized carbons (Fsp3) is 0.750. The fourth-order valence-corrected chi connectivity index (χ4v) is 4.57. The molecule has 7 heteroatoms. The van der Waals surface area contributed by atoms with E-state index in [0.717, 1.165) is 18.8 Å². The molecule has 3 aliphatic rings. The van der Waals surface area contributed by atoms with Crippen molar-refractivity contribution in [3.63, 3.8) is 0 Å². The van der Waals surface area contributed by atoms with Gasteiger partial charge in [-0.3, -0.25) is 0 Å². The molecule has 2 aromatic heterocycles. The van der Waals surface area contributed by atoms with E-state index in [1.807, 2.05) is 6.20 Å². The van der Waals surface area contributed by atoms with Gasteiger partial charge in [0.05, 0.1) is 5.54 Å². The van der Waals surface area contributed by atoms with Gasteiger partial charge in [0, 0.05) is 37.4 Å². The lowest BCUT2D eigenvalue weighted by molar-refractivity contribution is 0.376. The minimum Gasteiger partial charge on any atom is -0.338 e. The van der Waals surface area contributed by atoms with Crippen LogP contribution in [0.2, 0.25) is 0 Å². The summed E-state index contributed by atoms with van der Waals surface area (Å²) in [5.74, 6) is 2.79. The van der Waals surface area contributed by atoms with Gasteiger partial charge in [0.25, 0.3) is 0 Å². The number of fused-ring (bicyclic) bond motifs is 2. The molecule has 2 bridgehead atoms. The van der Waals surface area contributed by atoms with Crippen molar-refractivity contribution >= 4 is 5.95 Å². The largest absolute Gasteiger partial charge is 0.338 e. The lowest BCUT2D eigenvalue weighted by Crippen LogP contribution is -2.45. The van der Waals surface area contributed by atoms with E-state index in [0.29, 0.717) is 18.0 Å². The Morgan fingerprint density at radius 1 is 1.17 bits per heavy atom. The Morgan fingerprint density at radius 3 is 2.52 bits per heavy atom. The molecule has 1 saturated carbocycles. The molecule has 23 heavy (non-hydrogen) atoms. The highest BCUT2D eigenvalue weighted by Gasteiger charge is 2.48. The molecule has 2 saturated heterocycles. The summed E-state index contributed by atoms with van der Waals surface area (Å²) >= 11 is 0. The molecule has 122 valence electrons. The van der Waals surface area contributed by atoms with E-state index in [2.05, 4.69) is 54.8 Å². The van der Waals surface area contributed by atoms with Gasteiger partial charge in [-0.05, 0) is 55.9 Å². The maximum absolute atomic E-state index is 4.59. The van der Waals surface area contributed by atoms with E-state index in [9.17, 15) is 0 Å². The monoisotopic (exact) mass is 313 g/mol. The number of nitrogens with zero attached hydrogens (tertiary/aromatic N) is 7. The summed E-state index contributed by atoms with van der Waals surface area (Å²) in [7, 11) is 2.10. The summed E-state index contributed by atoms with van der Waals surface area (Å²) in [5.41, 5.74) is 0.148. The number of rotatable bonds is 3. The zero-order chi connectivity index (χ0) is 15.6. The van der Waals surface area contributed by atoms with Gasteiger partial charge in [-0.1, -0.05) is 5.10 Å². The van der Waals surface area contributed by atoms with Crippen LogP contribution < -0.4 is 4.90 Å². The van der Waals surface area contributed by atoms with Gasteiger partial charge in [-0.25, -0.2) is 9.67 Å². The van der Waals surface area contributed by atoms with Crippen LogP contribution in [0.5, 0.6) is 0 Å². The Kier molecular flexibility index (Phi) is 2.67. The highest BCUT2D eigenvalue weighted by molar-refractivity contribution is 5.39. The first kappa shape index (κ1) is 13.5. The number of aryl methyl sites for hydroxylation is 1. The van der Waals surface area contributed by atoms with Crippen LogP contribution in [0.25, 0.3) is 0 Å². The molecule has 0 spiro atoms. The first-order valence-electron chi connectivity index (χ1n) is 8.70. The van der Waals surface area contributed by atoms with E-state index in [4.69, 9.17) is 0 Å². The molecule has 5 rings (SSSR count). The normalized spacial score (nSPS) is 31.6. The van der Waals surface area contributed by atoms with Gasteiger partial charge in [0.2, 0.25) is 5.95 Å². The molecule has 3 fully saturated rings. The lowest BCUT2D eigenvalue weighted by atomic mass is 9.90. The molecule has 0 amide bonds. The van der Waals surface area contributed by atoms with Crippen LogP contribution in [0.3, 0.4) is 0 Å². The van der Waals surface area contributed by atoms with E-state index in [1.54, 1.807) is 0 Å². The van der Waals surface area contributed by atoms with Crippen LogP contribution in [-0.2, 0) is 12.6 Å². The summed E-state index contributed by atoms with van der Waals surface area (Å²) < 4.78 is 4.26. The van der Waals surface area contributed by atoms with Crippen molar-refractivity contribution in [3.8, 4) is 0 Å². The molecular formula is C16H23N7. The predicted octanol–water partition coefficient (Wildman–Crippen LogP) is 1.83. The van der Waals surface area contributed by atoms with Crippen molar-refractivity contribution in [1.29, 1.82) is 0 Å². The van der Waals surface area contributed by atoms with Crippen LogP contribution in [0.15, 0.2) is 12.4 Å². The SMILES string of the molecule is Cn1ccnc1C1C[C@H]2CC[C@@H](C1)N2c1nnnn1C1(C)CC1. The highest BCUT2D eigenvalue weighted by atomic mass is 15.6. The third kappa shape index (κ3) is 1.95. The Balaban J connectivity index is 1.45. The second kappa shape index (κ2) is 4.55. The Labute approximate surface area is 135 Å².